The Kier molecular flexibility index (Phi) is 6.56. The molecule has 2 aromatic carbocycles. The molecule has 31 heavy (non-hydrogen) atoms. The minimum Gasteiger partial charge on any atom is -0.462 e. The van der Waals surface area contributed by atoms with Crippen LogP contribution in [0.25, 0.3) is 0 Å². The van der Waals surface area contributed by atoms with Crippen molar-refractivity contribution < 1.29 is 19.2 Å². The number of rotatable bonds is 7. The molecule has 1 amide bonds. The number of aromatic nitrogens is 1. The monoisotopic (exact) mass is 421 g/mol. The van der Waals surface area contributed by atoms with Gasteiger partial charge in [-0.1, -0.05) is 12.1 Å². The Morgan fingerprint density at radius 2 is 1.77 bits per heavy atom. The van der Waals surface area contributed by atoms with Crippen LogP contribution >= 0.6 is 0 Å². The van der Waals surface area contributed by atoms with Gasteiger partial charge in [-0.15, -0.1) is 0 Å². The zero-order valence-corrected chi connectivity index (χ0v) is 16.6. The molecule has 0 aliphatic heterocycles. The van der Waals surface area contributed by atoms with E-state index in [1.165, 1.54) is 53.2 Å². The van der Waals surface area contributed by atoms with E-state index in [0.717, 1.165) is 0 Å². The first-order chi connectivity index (χ1) is 14.9. The normalized spacial score (nSPS) is 10.4. The molecule has 0 saturated carbocycles. The van der Waals surface area contributed by atoms with Crippen molar-refractivity contribution >= 4 is 23.3 Å². The molecule has 0 radical (unpaired) electrons. The van der Waals surface area contributed by atoms with E-state index >= 15 is 0 Å². The second-order valence-electron chi connectivity index (χ2n) is 6.56. The number of pyridine rings is 1. The molecule has 0 bridgehead atoms. The fraction of sp³-hybridized carbons (Fsp3) is 0.136. The summed E-state index contributed by atoms with van der Waals surface area (Å²) in [5, 5.41) is 13.6. The van der Waals surface area contributed by atoms with Gasteiger partial charge in [0.2, 0.25) is 0 Å². The lowest BCUT2D eigenvalue weighted by Gasteiger charge is -2.10. The number of nitro benzene ring substituents is 1. The Morgan fingerprint density at radius 3 is 2.45 bits per heavy atom. The number of carbonyl (C=O) groups is 2. The van der Waals surface area contributed by atoms with E-state index in [2.05, 4.69) is 5.32 Å². The Balaban J connectivity index is 1.75. The van der Waals surface area contributed by atoms with Gasteiger partial charge in [-0.05, 0) is 42.8 Å². The van der Waals surface area contributed by atoms with Crippen molar-refractivity contribution in [2.45, 2.75) is 13.5 Å². The molecular formula is C22H19N3O6. The summed E-state index contributed by atoms with van der Waals surface area (Å²) in [5.41, 5.74) is 1.20. The van der Waals surface area contributed by atoms with Gasteiger partial charge in [-0.3, -0.25) is 19.7 Å². The number of nitrogens with zero attached hydrogens (tertiary/aromatic N) is 2. The van der Waals surface area contributed by atoms with E-state index < -0.39 is 16.8 Å². The lowest BCUT2D eigenvalue weighted by molar-refractivity contribution is -0.384. The zero-order valence-electron chi connectivity index (χ0n) is 16.6. The van der Waals surface area contributed by atoms with E-state index in [9.17, 15) is 24.5 Å². The molecular weight excluding hydrogens is 402 g/mol. The highest BCUT2D eigenvalue weighted by molar-refractivity contribution is 6.04. The van der Waals surface area contributed by atoms with Gasteiger partial charge in [0.25, 0.3) is 17.2 Å². The van der Waals surface area contributed by atoms with Crippen molar-refractivity contribution in [3.8, 4) is 0 Å². The molecule has 0 spiro atoms. The van der Waals surface area contributed by atoms with Gasteiger partial charge >= 0.3 is 5.97 Å². The van der Waals surface area contributed by atoms with Crippen LogP contribution in [0, 0.1) is 10.1 Å². The number of ether oxygens (including phenoxy) is 1. The second kappa shape index (κ2) is 9.49. The molecule has 1 heterocycles. The summed E-state index contributed by atoms with van der Waals surface area (Å²) >= 11 is 0. The first kappa shape index (κ1) is 21.4. The molecule has 0 fully saturated rings. The maximum absolute atomic E-state index is 12.6. The van der Waals surface area contributed by atoms with E-state index in [-0.39, 0.29) is 30.0 Å². The third-order valence-corrected chi connectivity index (χ3v) is 4.37. The average molecular weight is 421 g/mol. The summed E-state index contributed by atoms with van der Waals surface area (Å²) in [4.78, 5) is 46.9. The van der Waals surface area contributed by atoms with Crippen molar-refractivity contribution in [1.29, 1.82) is 0 Å². The summed E-state index contributed by atoms with van der Waals surface area (Å²) < 4.78 is 6.22. The van der Waals surface area contributed by atoms with Crippen molar-refractivity contribution in [1.82, 2.24) is 4.57 Å². The molecule has 0 unspecified atom stereocenters. The number of hydrogen-bond acceptors (Lipinski definition) is 6. The molecule has 9 heteroatoms. The first-order valence-electron chi connectivity index (χ1n) is 9.39. The minimum atomic E-state index is -0.511. The van der Waals surface area contributed by atoms with E-state index in [1.807, 2.05) is 0 Å². The van der Waals surface area contributed by atoms with Crippen molar-refractivity contribution in [2.24, 2.45) is 0 Å². The van der Waals surface area contributed by atoms with E-state index in [0.29, 0.717) is 16.8 Å². The Morgan fingerprint density at radius 1 is 1.06 bits per heavy atom. The lowest BCUT2D eigenvalue weighted by Crippen LogP contribution is -2.22. The number of nitrogens with one attached hydrogen (secondary N) is 1. The van der Waals surface area contributed by atoms with Crippen LogP contribution in [-0.4, -0.2) is 28.0 Å². The van der Waals surface area contributed by atoms with Gasteiger partial charge < -0.3 is 14.6 Å². The third kappa shape index (κ3) is 5.41. The molecule has 0 atom stereocenters. The minimum absolute atomic E-state index is 0.0780. The predicted octanol–water partition coefficient (Wildman–Crippen LogP) is 3.23. The summed E-state index contributed by atoms with van der Waals surface area (Å²) in [5.74, 6) is -0.898. The smallest absolute Gasteiger partial charge is 0.338 e. The maximum Gasteiger partial charge on any atom is 0.338 e. The zero-order chi connectivity index (χ0) is 22.4. The van der Waals surface area contributed by atoms with Crippen molar-refractivity contribution in [3.63, 3.8) is 0 Å². The van der Waals surface area contributed by atoms with Crippen LogP contribution in [0.2, 0.25) is 0 Å². The number of carbonyl (C=O) groups excluding carboxylic acids is 2. The van der Waals surface area contributed by atoms with Crippen LogP contribution in [0.4, 0.5) is 11.4 Å². The van der Waals surface area contributed by atoms with Crippen molar-refractivity contribution in [2.75, 3.05) is 11.9 Å². The van der Waals surface area contributed by atoms with Gasteiger partial charge in [0.1, 0.15) is 0 Å². The molecule has 1 N–H and O–H groups in total. The molecule has 0 aliphatic carbocycles. The third-order valence-electron chi connectivity index (χ3n) is 4.37. The van der Waals surface area contributed by atoms with Crippen LogP contribution in [0.3, 0.4) is 0 Å². The molecule has 3 aromatic rings. The first-order valence-corrected chi connectivity index (χ1v) is 9.39. The molecule has 158 valence electrons. The van der Waals surface area contributed by atoms with E-state index in [4.69, 9.17) is 4.74 Å². The molecule has 0 saturated heterocycles. The largest absolute Gasteiger partial charge is 0.462 e. The standard InChI is InChI=1S/C22H19N3O6/c1-2-31-22(28)16-6-9-18(10-7-16)23-21(27)17-8-11-20(26)24(14-17)13-15-4-3-5-19(12-15)25(29)30/h3-12,14H,2,13H2,1H3,(H,23,27). The van der Waals surface area contributed by atoms with E-state index in [1.54, 1.807) is 25.1 Å². The fourth-order valence-corrected chi connectivity index (χ4v) is 2.86. The highest BCUT2D eigenvalue weighted by Crippen LogP contribution is 2.15. The number of non-ortho nitro benzene ring substituents is 1. The van der Waals surface area contributed by atoms with Crippen LogP contribution in [-0.2, 0) is 11.3 Å². The van der Waals surface area contributed by atoms with Gasteiger partial charge in [-0.25, -0.2) is 4.79 Å². The SMILES string of the molecule is CCOC(=O)c1ccc(NC(=O)c2ccc(=O)n(Cc3cccc([N+](=O)[O-])c3)c2)cc1. The average Bonchev–Trinajstić information content (AvgIpc) is 2.76. The van der Waals surface area contributed by atoms with Gasteiger partial charge in [0.05, 0.1) is 29.2 Å². The molecule has 9 nitrogen and oxygen atoms in total. The predicted molar refractivity (Wildman–Crippen MR) is 113 cm³/mol. The second-order valence-corrected chi connectivity index (χ2v) is 6.56. The summed E-state index contributed by atoms with van der Waals surface area (Å²) in [7, 11) is 0. The summed E-state index contributed by atoms with van der Waals surface area (Å²) in [6.07, 6.45) is 1.39. The quantitative estimate of drug-likeness (QED) is 0.355. The number of benzene rings is 2. The van der Waals surface area contributed by atoms with Crippen molar-refractivity contribution in [3.05, 3.63) is 104 Å². The highest BCUT2D eigenvalue weighted by Gasteiger charge is 2.11. The Bertz CT molecular complexity index is 1180. The van der Waals surface area contributed by atoms with Crippen LogP contribution in [0.1, 0.15) is 33.2 Å². The van der Waals surface area contributed by atoms with Crippen LogP contribution in [0.15, 0.2) is 71.7 Å². The van der Waals surface area contributed by atoms with Gasteiger partial charge in [0, 0.05) is 30.1 Å². The fourth-order valence-electron chi connectivity index (χ4n) is 2.86. The van der Waals surface area contributed by atoms with Gasteiger partial charge in [-0.2, -0.15) is 0 Å². The van der Waals surface area contributed by atoms with Crippen LogP contribution in [0.5, 0.6) is 0 Å². The number of anilines is 1. The molecule has 3 rings (SSSR count). The number of hydrogen-bond donors (Lipinski definition) is 1. The highest BCUT2D eigenvalue weighted by atomic mass is 16.6. The number of esters is 1. The van der Waals surface area contributed by atoms with Gasteiger partial charge in [0.15, 0.2) is 0 Å². The summed E-state index contributed by atoms with van der Waals surface area (Å²) in [6.45, 7) is 2.06. The topological polar surface area (TPSA) is 121 Å². The van der Waals surface area contributed by atoms with Crippen LogP contribution < -0.4 is 10.9 Å². The summed E-state index contributed by atoms with van der Waals surface area (Å²) in [6, 6.07) is 14.8. The number of nitro groups is 1. The molecule has 1 aromatic heterocycles. The number of amides is 1. The molecule has 0 aliphatic rings. The Hall–Kier alpha value is -4.27. The maximum atomic E-state index is 12.6. The Labute approximate surface area is 177 Å². The lowest BCUT2D eigenvalue weighted by atomic mass is 10.2.